The van der Waals surface area contributed by atoms with Crippen LogP contribution < -0.4 is 5.32 Å². The molecule has 0 amide bonds. The minimum Gasteiger partial charge on any atom is -0.313 e. The first-order valence-electron chi connectivity index (χ1n) is 6.83. The number of rotatable bonds is 6. The van der Waals surface area contributed by atoms with Gasteiger partial charge in [0.2, 0.25) is 0 Å². The number of hydrogen-bond acceptors (Lipinski definition) is 5. The normalized spacial score (nSPS) is 10.8. The summed E-state index contributed by atoms with van der Waals surface area (Å²) in [4.78, 5) is 13.4. The second kappa shape index (κ2) is 7.36. The van der Waals surface area contributed by atoms with Crippen LogP contribution in [0.15, 0.2) is 34.6 Å². The van der Waals surface area contributed by atoms with Crippen LogP contribution in [0.2, 0.25) is 0 Å². The summed E-state index contributed by atoms with van der Waals surface area (Å²) >= 11 is 1.53. The first-order chi connectivity index (χ1) is 9.69. The molecule has 106 valence electrons. The van der Waals surface area contributed by atoms with E-state index >= 15 is 0 Å². The van der Waals surface area contributed by atoms with Crippen molar-refractivity contribution in [2.75, 3.05) is 6.54 Å². The quantitative estimate of drug-likeness (QED) is 0.653. The highest BCUT2D eigenvalue weighted by Gasteiger charge is 2.08. The third-order valence-electron chi connectivity index (χ3n) is 2.74. The fraction of sp³-hybridized carbons (Fsp3) is 0.400. The van der Waals surface area contributed by atoms with Crippen LogP contribution in [0.4, 0.5) is 0 Å². The molecule has 2 rings (SSSR count). The van der Waals surface area contributed by atoms with Gasteiger partial charge in [-0.1, -0.05) is 13.0 Å². The minimum absolute atomic E-state index is 0.762. The molecule has 0 bridgehead atoms. The molecule has 0 radical (unpaired) electrons. The van der Waals surface area contributed by atoms with Crippen molar-refractivity contribution in [3.05, 3.63) is 41.3 Å². The van der Waals surface area contributed by atoms with Crippen molar-refractivity contribution in [3.8, 4) is 0 Å². The lowest BCUT2D eigenvalue weighted by atomic mass is 10.3. The Morgan fingerprint density at radius 2 is 1.95 bits per heavy atom. The molecule has 1 N–H and O–H groups in total. The van der Waals surface area contributed by atoms with Crippen LogP contribution >= 0.6 is 11.8 Å². The zero-order valence-corrected chi connectivity index (χ0v) is 13.0. The molecule has 0 atom stereocenters. The average molecular weight is 288 g/mol. The second-order valence-electron chi connectivity index (χ2n) is 4.68. The fourth-order valence-corrected chi connectivity index (χ4v) is 2.81. The van der Waals surface area contributed by atoms with E-state index in [9.17, 15) is 0 Å². The molecule has 20 heavy (non-hydrogen) atoms. The van der Waals surface area contributed by atoms with Crippen LogP contribution in [0.3, 0.4) is 0 Å². The van der Waals surface area contributed by atoms with Gasteiger partial charge in [0.25, 0.3) is 0 Å². The SMILES string of the molecule is CCCNCc1cccnc1Sc1nc(C)cc(C)n1. The Labute approximate surface area is 124 Å². The number of nitrogens with zero attached hydrogens (tertiary/aromatic N) is 3. The van der Waals surface area contributed by atoms with E-state index in [4.69, 9.17) is 0 Å². The fourth-order valence-electron chi connectivity index (χ4n) is 1.88. The Hall–Kier alpha value is -1.46. The lowest BCUT2D eigenvalue weighted by molar-refractivity contribution is 0.665. The molecule has 4 nitrogen and oxygen atoms in total. The number of aromatic nitrogens is 3. The van der Waals surface area contributed by atoms with E-state index in [0.717, 1.165) is 41.1 Å². The lowest BCUT2D eigenvalue weighted by Gasteiger charge is -2.08. The van der Waals surface area contributed by atoms with Gasteiger partial charge in [0.05, 0.1) is 0 Å². The van der Waals surface area contributed by atoms with Crippen molar-refractivity contribution in [3.63, 3.8) is 0 Å². The first kappa shape index (κ1) is 14.9. The first-order valence-corrected chi connectivity index (χ1v) is 7.65. The van der Waals surface area contributed by atoms with Crippen molar-refractivity contribution in [2.45, 2.75) is 43.9 Å². The molecule has 2 aromatic rings. The van der Waals surface area contributed by atoms with E-state index in [-0.39, 0.29) is 0 Å². The second-order valence-corrected chi connectivity index (χ2v) is 5.64. The van der Waals surface area contributed by atoms with Crippen molar-refractivity contribution >= 4 is 11.8 Å². The summed E-state index contributed by atoms with van der Waals surface area (Å²) in [7, 11) is 0. The molecule has 0 aliphatic carbocycles. The maximum absolute atomic E-state index is 4.46. The van der Waals surface area contributed by atoms with Gasteiger partial charge in [-0.2, -0.15) is 0 Å². The lowest BCUT2D eigenvalue weighted by Crippen LogP contribution is -2.14. The third-order valence-corrected chi connectivity index (χ3v) is 3.67. The van der Waals surface area contributed by atoms with E-state index in [2.05, 4.69) is 33.3 Å². The molecule has 0 spiro atoms. The Balaban J connectivity index is 2.15. The van der Waals surface area contributed by atoms with E-state index in [1.165, 1.54) is 17.3 Å². The summed E-state index contributed by atoms with van der Waals surface area (Å²) < 4.78 is 0. The van der Waals surface area contributed by atoms with Crippen molar-refractivity contribution in [1.82, 2.24) is 20.3 Å². The summed E-state index contributed by atoms with van der Waals surface area (Å²) in [6.45, 7) is 7.98. The zero-order valence-electron chi connectivity index (χ0n) is 12.2. The molecule has 0 saturated heterocycles. The van der Waals surface area contributed by atoms with Crippen LogP contribution in [0, 0.1) is 13.8 Å². The zero-order chi connectivity index (χ0) is 14.4. The van der Waals surface area contributed by atoms with E-state index in [0.29, 0.717) is 0 Å². The van der Waals surface area contributed by atoms with Crippen LogP contribution in [0.1, 0.15) is 30.3 Å². The molecule has 0 fully saturated rings. The van der Waals surface area contributed by atoms with Crippen molar-refractivity contribution in [1.29, 1.82) is 0 Å². The number of hydrogen-bond donors (Lipinski definition) is 1. The molecule has 0 aliphatic rings. The summed E-state index contributed by atoms with van der Waals surface area (Å²) in [5.74, 6) is 0. The molecule has 0 aromatic carbocycles. The van der Waals surface area contributed by atoms with Gasteiger partial charge < -0.3 is 5.32 Å². The largest absolute Gasteiger partial charge is 0.313 e. The van der Waals surface area contributed by atoms with Gasteiger partial charge in [0.15, 0.2) is 5.16 Å². The summed E-state index contributed by atoms with van der Waals surface area (Å²) in [5.41, 5.74) is 3.16. The van der Waals surface area contributed by atoms with Crippen molar-refractivity contribution < 1.29 is 0 Å². The molecule has 2 heterocycles. The molecular weight excluding hydrogens is 268 g/mol. The Kier molecular flexibility index (Phi) is 5.49. The smallest absolute Gasteiger partial charge is 0.194 e. The van der Waals surface area contributed by atoms with Crippen LogP contribution in [0.5, 0.6) is 0 Å². The Bertz CT molecular complexity index is 551. The molecule has 0 saturated carbocycles. The van der Waals surface area contributed by atoms with Crippen molar-refractivity contribution in [2.24, 2.45) is 0 Å². The predicted molar refractivity (Wildman–Crippen MR) is 81.9 cm³/mol. The molecule has 0 unspecified atom stereocenters. The highest BCUT2D eigenvalue weighted by Crippen LogP contribution is 2.26. The number of nitrogens with one attached hydrogen (secondary N) is 1. The van der Waals surface area contributed by atoms with Crippen LogP contribution in [0.25, 0.3) is 0 Å². The van der Waals surface area contributed by atoms with Gasteiger partial charge >= 0.3 is 0 Å². The molecule has 5 heteroatoms. The van der Waals surface area contributed by atoms with Gasteiger partial charge in [-0.15, -0.1) is 0 Å². The average Bonchev–Trinajstić information content (AvgIpc) is 2.40. The number of pyridine rings is 1. The van der Waals surface area contributed by atoms with E-state index < -0.39 is 0 Å². The monoisotopic (exact) mass is 288 g/mol. The topological polar surface area (TPSA) is 50.7 Å². The van der Waals surface area contributed by atoms with Crippen LogP contribution in [-0.2, 0) is 6.54 Å². The highest BCUT2D eigenvalue weighted by molar-refractivity contribution is 7.99. The summed E-state index contributed by atoms with van der Waals surface area (Å²) in [5, 5.41) is 5.14. The van der Waals surface area contributed by atoms with E-state index in [1.807, 2.05) is 32.2 Å². The summed E-state index contributed by atoms with van der Waals surface area (Å²) in [6, 6.07) is 6.04. The maximum Gasteiger partial charge on any atom is 0.194 e. The standard InChI is InChI=1S/C15H20N4S/c1-4-7-16-10-13-6-5-8-17-14(13)20-15-18-11(2)9-12(3)19-15/h5-6,8-9,16H,4,7,10H2,1-3H3. The Morgan fingerprint density at radius 1 is 1.20 bits per heavy atom. The molecule has 0 aliphatic heterocycles. The molecule has 2 aromatic heterocycles. The van der Waals surface area contributed by atoms with Gasteiger partial charge in [-0.05, 0) is 56.3 Å². The molecular formula is C15H20N4S. The van der Waals surface area contributed by atoms with Gasteiger partial charge in [0, 0.05) is 24.1 Å². The minimum atomic E-state index is 0.762. The maximum atomic E-state index is 4.46. The predicted octanol–water partition coefficient (Wildman–Crippen LogP) is 3.14. The highest BCUT2D eigenvalue weighted by atomic mass is 32.2. The summed E-state index contributed by atoms with van der Waals surface area (Å²) in [6.07, 6.45) is 2.94. The number of aryl methyl sites for hydroxylation is 2. The van der Waals surface area contributed by atoms with Gasteiger partial charge in [-0.25, -0.2) is 15.0 Å². The third kappa shape index (κ3) is 4.28. The van der Waals surface area contributed by atoms with E-state index in [1.54, 1.807) is 0 Å². The van der Waals surface area contributed by atoms with Gasteiger partial charge in [0.1, 0.15) is 5.03 Å². The van der Waals surface area contributed by atoms with Crippen LogP contribution in [-0.4, -0.2) is 21.5 Å². The van der Waals surface area contributed by atoms with Gasteiger partial charge in [-0.3, -0.25) is 0 Å². The Morgan fingerprint density at radius 3 is 2.65 bits per heavy atom.